The molecule has 0 nitrogen and oxygen atoms in total. The molecule has 0 saturated carbocycles. The van der Waals surface area contributed by atoms with Gasteiger partial charge in [0.2, 0.25) is 0 Å². The summed E-state index contributed by atoms with van der Waals surface area (Å²) in [4.78, 5) is 0. The van der Waals surface area contributed by atoms with E-state index in [4.69, 9.17) is 0 Å². The molecule has 0 radical (unpaired) electrons. The summed E-state index contributed by atoms with van der Waals surface area (Å²) in [6.45, 7) is 7.53. The van der Waals surface area contributed by atoms with Gasteiger partial charge in [-0.3, -0.25) is 0 Å². The van der Waals surface area contributed by atoms with Crippen molar-refractivity contribution in [1.29, 1.82) is 0 Å². The van der Waals surface area contributed by atoms with Gasteiger partial charge in [0.15, 0.2) is 0 Å². The Hall–Kier alpha value is 0.430. The lowest BCUT2D eigenvalue weighted by atomic mass is 10.0. The first-order chi connectivity index (χ1) is 5.60. The van der Waals surface area contributed by atoms with Crippen LogP contribution in [0.4, 0.5) is 0 Å². The Labute approximate surface area is 78.5 Å². The molecule has 1 aliphatic heterocycles. The van der Waals surface area contributed by atoms with Gasteiger partial charge in [0.05, 0.1) is 12.3 Å². The average Bonchev–Trinajstić information content (AvgIpc) is 2.05. The van der Waals surface area contributed by atoms with Crippen LogP contribution in [0.3, 0.4) is 0 Å². The molecule has 0 bridgehead atoms. The highest BCUT2D eigenvalue weighted by Crippen LogP contribution is 2.53. The largest absolute Gasteiger partial charge is 0.0624 e. The fraction of sp³-hybridized carbons (Fsp3) is 1.00. The maximum atomic E-state index is 2.55. The van der Waals surface area contributed by atoms with Crippen LogP contribution in [0.25, 0.3) is 0 Å². The first kappa shape index (κ1) is 10.5. The first-order valence-electron chi connectivity index (χ1n) is 5.42. The molecule has 12 heavy (non-hydrogen) atoms. The molecule has 1 rings (SSSR count). The lowest BCUT2D eigenvalue weighted by molar-refractivity contribution is 0.489. The third kappa shape index (κ3) is 3.90. The molecule has 1 heteroatoms. The van der Waals surface area contributed by atoms with E-state index in [1.165, 1.54) is 32.1 Å². The highest BCUT2D eigenvalue weighted by Gasteiger charge is 2.25. The Morgan fingerprint density at radius 1 is 0.917 bits per heavy atom. The Balaban J connectivity index is 2.40. The summed E-state index contributed by atoms with van der Waals surface area (Å²) in [6, 6.07) is 0. The van der Waals surface area contributed by atoms with Crippen LogP contribution in [-0.2, 0) is 0 Å². The molecule has 1 saturated heterocycles. The molecule has 1 fully saturated rings. The van der Waals surface area contributed by atoms with Gasteiger partial charge in [-0.1, -0.05) is 19.8 Å². The minimum atomic E-state index is -0.473. The Bertz CT molecular complexity index is 129. The summed E-state index contributed by atoms with van der Waals surface area (Å²) in [6.07, 6.45) is 10.6. The minimum Gasteiger partial charge on any atom is -0.0624 e. The molecule has 0 aromatic carbocycles. The molecular weight excluding hydrogens is 163 g/mol. The Morgan fingerprint density at radius 2 is 1.67 bits per heavy atom. The molecule has 1 heterocycles. The smallest absolute Gasteiger partial charge is 0.0591 e. The van der Waals surface area contributed by atoms with Crippen LogP contribution in [0.5, 0.6) is 0 Å². The van der Waals surface area contributed by atoms with Crippen LogP contribution in [-0.4, -0.2) is 25.7 Å². The van der Waals surface area contributed by atoms with Crippen molar-refractivity contribution in [3.05, 3.63) is 0 Å². The van der Waals surface area contributed by atoms with E-state index in [2.05, 4.69) is 20.3 Å². The zero-order chi connectivity index (χ0) is 9.03. The summed E-state index contributed by atoms with van der Waals surface area (Å²) in [5, 5.41) is 0. The monoisotopic (exact) mass is 187 g/mol. The van der Waals surface area contributed by atoms with E-state index in [1.54, 1.807) is 12.3 Å². The van der Waals surface area contributed by atoms with E-state index in [0.29, 0.717) is 0 Å². The van der Waals surface area contributed by atoms with Crippen LogP contribution < -0.4 is 0 Å². The molecular formula is C11H24P+. The van der Waals surface area contributed by atoms with Crippen LogP contribution in [0.15, 0.2) is 0 Å². The van der Waals surface area contributed by atoms with Crippen LogP contribution in [0.1, 0.15) is 39.0 Å². The van der Waals surface area contributed by atoms with E-state index >= 15 is 0 Å². The number of hydrogen-bond donors (Lipinski definition) is 0. The van der Waals surface area contributed by atoms with Crippen molar-refractivity contribution in [2.24, 2.45) is 5.92 Å². The summed E-state index contributed by atoms with van der Waals surface area (Å²) < 4.78 is 0. The lowest BCUT2D eigenvalue weighted by Gasteiger charge is -2.18. The molecule has 72 valence electrons. The zero-order valence-electron chi connectivity index (χ0n) is 8.97. The van der Waals surface area contributed by atoms with Gasteiger partial charge < -0.3 is 0 Å². The van der Waals surface area contributed by atoms with Gasteiger partial charge in [-0.2, -0.15) is 0 Å². The molecule has 1 aliphatic rings. The van der Waals surface area contributed by atoms with Crippen molar-refractivity contribution in [3.8, 4) is 0 Å². The fourth-order valence-electron chi connectivity index (χ4n) is 2.04. The second-order valence-electron chi connectivity index (χ2n) is 5.13. The quantitative estimate of drug-likeness (QED) is 0.505. The second kappa shape index (κ2) is 4.61. The molecule has 0 spiro atoms. The van der Waals surface area contributed by atoms with Gasteiger partial charge in [0.1, 0.15) is 0 Å². The van der Waals surface area contributed by atoms with Crippen molar-refractivity contribution in [2.75, 3.05) is 25.7 Å². The standard InChI is InChI=1S/C11H24P/c1-11-7-5-4-6-9-12(2,3)10-8-11/h11H,4-10H2,1-3H3/q+1. The molecule has 0 aromatic heterocycles. The fourth-order valence-corrected chi connectivity index (χ4v) is 4.48. The number of hydrogen-bond acceptors (Lipinski definition) is 0. The molecule has 1 atom stereocenters. The topological polar surface area (TPSA) is 0 Å². The summed E-state index contributed by atoms with van der Waals surface area (Å²) in [7, 11) is -0.473. The van der Waals surface area contributed by atoms with E-state index < -0.39 is 7.26 Å². The third-order valence-electron chi connectivity index (χ3n) is 3.19. The van der Waals surface area contributed by atoms with Crippen molar-refractivity contribution < 1.29 is 0 Å². The summed E-state index contributed by atoms with van der Waals surface area (Å²) in [5.74, 6) is 1.00. The molecule has 0 aliphatic carbocycles. The normalized spacial score (nSPS) is 31.8. The predicted octanol–water partition coefficient (Wildman–Crippen LogP) is 3.86. The Morgan fingerprint density at radius 3 is 2.42 bits per heavy atom. The van der Waals surface area contributed by atoms with Gasteiger partial charge in [0, 0.05) is 20.6 Å². The van der Waals surface area contributed by atoms with E-state index in [1.807, 2.05) is 0 Å². The maximum absolute atomic E-state index is 2.55. The van der Waals surface area contributed by atoms with Gasteiger partial charge in [0.25, 0.3) is 0 Å². The number of rotatable bonds is 0. The zero-order valence-corrected chi connectivity index (χ0v) is 9.87. The predicted molar refractivity (Wildman–Crippen MR) is 60.8 cm³/mol. The highest BCUT2D eigenvalue weighted by atomic mass is 31.2. The average molecular weight is 187 g/mol. The van der Waals surface area contributed by atoms with Crippen molar-refractivity contribution >= 4 is 7.26 Å². The molecule has 0 N–H and O–H groups in total. The van der Waals surface area contributed by atoms with E-state index in [0.717, 1.165) is 5.92 Å². The molecule has 0 aromatic rings. The van der Waals surface area contributed by atoms with Gasteiger partial charge >= 0.3 is 0 Å². The second-order valence-corrected chi connectivity index (χ2v) is 9.89. The van der Waals surface area contributed by atoms with Gasteiger partial charge in [-0.05, 0) is 25.2 Å². The summed E-state index contributed by atoms with van der Waals surface area (Å²) in [5.41, 5.74) is 0. The third-order valence-corrected chi connectivity index (χ3v) is 6.18. The highest BCUT2D eigenvalue weighted by molar-refractivity contribution is 7.74. The van der Waals surface area contributed by atoms with Crippen LogP contribution in [0.2, 0.25) is 0 Å². The van der Waals surface area contributed by atoms with E-state index in [-0.39, 0.29) is 0 Å². The first-order valence-corrected chi connectivity index (χ1v) is 8.47. The molecule has 1 unspecified atom stereocenters. The minimum absolute atomic E-state index is 0.473. The van der Waals surface area contributed by atoms with Crippen LogP contribution in [0, 0.1) is 5.92 Å². The van der Waals surface area contributed by atoms with Crippen molar-refractivity contribution in [3.63, 3.8) is 0 Å². The van der Waals surface area contributed by atoms with Gasteiger partial charge in [-0.25, -0.2) is 0 Å². The van der Waals surface area contributed by atoms with Crippen LogP contribution >= 0.6 is 7.26 Å². The summed E-state index contributed by atoms with van der Waals surface area (Å²) >= 11 is 0. The Kier molecular flexibility index (Phi) is 4.03. The van der Waals surface area contributed by atoms with Crippen molar-refractivity contribution in [2.45, 2.75) is 39.0 Å². The molecule has 0 amide bonds. The van der Waals surface area contributed by atoms with E-state index in [9.17, 15) is 0 Å². The SMILES string of the molecule is CC1CCCCC[P+](C)(C)CC1. The lowest BCUT2D eigenvalue weighted by Crippen LogP contribution is -2.03. The van der Waals surface area contributed by atoms with Gasteiger partial charge in [-0.15, -0.1) is 0 Å². The van der Waals surface area contributed by atoms with Crippen molar-refractivity contribution in [1.82, 2.24) is 0 Å². The maximum Gasteiger partial charge on any atom is 0.0591 e.